The molecule has 2 aliphatic rings. The molecule has 1 aromatic rings. The maximum absolute atomic E-state index is 13.1. The van der Waals surface area contributed by atoms with Crippen LogP contribution in [0.4, 0.5) is 0 Å². The number of nitrogens with two attached hydrogens (primary N) is 1. The van der Waals surface area contributed by atoms with Gasteiger partial charge in [-0.3, -0.25) is 4.79 Å². The zero-order valence-electron chi connectivity index (χ0n) is 16.2. The van der Waals surface area contributed by atoms with Crippen LogP contribution in [0.3, 0.4) is 0 Å². The Hall–Kier alpha value is -1.55. The summed E-state index contributed by atoms with van der Waals surface area (Å²) in [5.41, 5.74) is 5.83. The van der Waals surface area contributed by atoms with E-state index in [9.17, 15) is 13.2 Å². The van der Waals surface area contributed by atoms with E-state index in [2.05, 4.69) is 0 Å². The number of hydrogen-bond donors (Lipinski definition) is 1. The summed E-state index contributed by atoms with van der Waals surface area (Å²) in [6.45, 7) is 5.98. The van der Waals surface area contributed by atoms with Crippen molar-refractivity contribution in [2.24, 2.45) is 11.7 Å². The molecule has 1 saturated heterocycles. The lowest BCUT2D eigenvalue weighted by molar-refractivity contribution is -0.135. The number of nitrogens with zero attached hydrogens (tertiary/aromatic N) is 2. The number of carbonyl (C=O) groups excluding carboxylic acids is 1. The third-order valence-corrected chi connectivity index (χ3v) is 6.99. The minimum Gasteiger partial charge on any atom is -0.486 e. The first-order chi connectivity index (χ1) is 12.8. The van der Waals surface area contributed by atoms with Crippen molar-refractivity contribution in [2.75, 3.05) is 39.4 Å². The zero-order chi connectivity index (χ0) is 19.6. The molecule has 2 heterocycles. The van der Waals surface area contributed by atoms with Gasteiger partial charge in [0, 0.05) is 38.3 Å². The predicted octanol–water partition coefficient (Wildman–Crippen LogP) is 1.09. The molecule has 1 aromatic carbocycles. The van der Waals surface area contributed by atoms with Gasteiger partial charge in [0.2, 0.25) is 15.9 Å². The van der Waals surface area contributed by atoms with Crippen molar-refractivity contribution >= 4 is 28.3 Å². The molecule has 0 aromatic heterocycles. The molecule has 158 valence electrons. The van der Waals surface area contributed by atoms with E-state index in [1.165, 1.54) is 16.4 Å². The molecule has 2 atom stereocenters. The van der Waals surface area contributed by atoms with Crippen LogP contribution in [0.5, 0.6) is 11.5 Å². The van der Waals surface area contributed by atoms with Crippen molar-refractivity contribution in [1.29, 1.82) is 0 Å². The van der Waals surface area contributed by atoms with Gasteiger partial charge >= 0.3 is 0 Å². The van der Waals surface area contributed by atoms with Gasteiger partial charge in [-0.15, -0.1) is 12.4 Å². The molecule has 1 fully saturated rings. The minimum absolute atomic E-state index is 0. The summed E-state index contributed by atoms with van der Waals surface area (Å²) < 4.78 is 38.5. The Morgan fingerprint density at radius 3 is 2.43 bits per heavy atom. The highest BCUT2D eigenvalue weighted by molar-refractivity contribution is 7.89. The summed E-state index contributed by atoms with van der Waals surface area (Å²) >= 11 is 0. The molecule has 2 N–H and O–H groups in total. The topological polar surface area (TPSA) is 102 Å². The molecule has 0 radical (unpaired) electrons. The van der Waals surface area contributed by atoms with Crippen LogP contribution in [0.2, 0.25) is 0 Å². The molecule has 8 nitrogen and oxygen atoms in total. The van der Waals surface area contributed by atoms with E-state index in [1.807, 2.05) is 6.92 Å². The molecule has 3 rings (SSSR count). The third-order valence-electron chi connectivity index (χ3n) is 5.10. The fraction of sp³-hybridized carbons (Fsp3) is 0.611. The lowest BCUT2D eigenvalue weighted by Gasteiger charge is -2.26. The highest BCUT2D eigenvalue weighted by Gasteiger charge is 2.31. The van der Waals surface area contributed by atoms with E-state index in [-0.39, 0.29) is 41.7 Å². The largest absolute Gasteiger partial charge is 0.486 e. The second-order valence-electron chi connectivity index (χ2n) is 7.04. The van der Waals surface area contributed by atoms with E-state index >= 15 is 0 Å². The quantitative estimate of drug-likeness (QED) is 0.762. The van der Waals surface area contributed by atoms with Crippen LogP contribution < -0.4 is 15.2 Å². The van der Waals surface area contributed by atoms with E-state index in [0.29, 0.717) is 50.8 Å². The fourth-order valence-electron chi connectivity index (χ4n) is 3.20. The summed E-state index contributed by atoms with van der Waals surface area (Å²) in [7, 11) is -3.67. The highest BCUT2D eigenvalue weighted by Crippen LogP contribution is 2.33. The van der Waals surface area contributed by atoms with Crippen LogP contribution in [0.15, 0.2) is 23.1 Å². The van der Waals surface area contributed by atoms with Crippen molar-refractivity contribution in [3.05, 3.63) is 18.2 Å². The van der Waals surface area contributed by atoms with E-state index in [4.69, 9.17) is 15.2 Å². The maximum Gasteiger partial charge on any atom is 0.243 e. The number of fused-ring (bicyclic) bond motifs is 1. The number of rotatable bonds is 4. The lowest BCUT2D eigenvalue weighted by atomic mass is 10.0. The van der Waals surface area contributed by atoms with Crippen LogP contribution in [-0.2, 0) is 14.8 Å². The highest BCUT2D eigenvalue weighted by atomic mass is 35.5. The molecule has 0 spiro atoms. The first-order valence-electron chi connectivity index (χ1n) is 9.25. The number of ether oxygens (including phenoxy) is 2. The van der Waals surface area contributed by atoms with Gasteiger partial charge in [0.1, 0.15) is 13.2 Å². The van der Waals surface area contributed by atoms with Crippen LogP contribution in [0.1, 0.15) is 20.3 Å². The average molecular weight is 434 g/mol. The number of sulfonamides is 1. The average Bonchev–Trinajstić information content (AvgIpc) is 2.93. The van der Waals surface area contributed by atoms with E-state index < -0.39 is 10.0 Å². The number of benzene rings is 1. The third kappa shape index (κ3) is 4.71. The van der Waals surface area contributed by atoms with Gasteiger partial charge in [-0.05, 0) is 25.5 Å². The van der Waals surface area contributed by atoms with Crippen LogP contribution in [0.25, 0.3) is 0 Å². The van der Waals surface area contributed by atoms with Crippen molar-refractivity contribution in [2.45, 2.75) is 31.2 Å². The molecular weight excluding hydrogens is 406 g/mol. The fourth-order valence-corrected chi connectivity index (χ4v) is 4.69. The van der Waals surface area contributed by atoms with Gasteiger partial charge in [0.25, 0.3) is 0 Å². The van der Waals surface area contributed by atoms with Gasteiger partial charge in [0.05, 0.1) is 10.8 Å². The van der Waals surface area contributed by atoms with Crippen molar-refractivity contribution in [3.63, 3.8) is 0 Å². The summed E-state index contributed by atoms with van der Waals surface area (Å²) in [5.74, 6) is 0.687. The molecule has 0 aliphatic carbocycles. The molecule has 2 aliphatic heterocycles. The van der Waals surface area contributed by atoms with E-state index in [1.54, 1.807) is 17.9 Å². The second-order valence-corrected chi connectivity index (χ2v) is 8.97. The Morgan fingerprint density at radius 2 is 1.75 bits per heavy atom. The summed E-state index contributed by atoms with van der Waals surface area (Å²) in [4.78, 5) is 14.4. The minimum atomic E-state index is -3.67. The van der Waals surface area contributed by atoms with Gasteiger partial charge < -0.3 is 20.1 Å². The van der Waals surface area contributed by atoms with Gasteiger partial charge in [-0.1, -0.05) is 6.92 Å². The van der Waals surface area contributed by atoms with Crippen molar-refractivity contribution in [3.8, 4) is 11.5 Å². The monoisotopic (exact) mass is 433 g/mol. The molecule has 0 bridgehead atoms. The van der Waals surface area contributed by atoms with Crippen LogP contribution >= 0.6 is 12.4 Å². The lowest BCUT2D eigenvalue weighted by Crippen LogP contribution is -2.43. The van der Waals surface area contributed by atoms with E-state index in [0.717, 1.165) is 0 Å². The first kappa shape index (κ1) is 22.7. The Bertz CT molecular complexity index is 802. The van der Waals surface area contributed by atoms with Crippen molar-refractivity contribution in [1.82, 2.24) is 9.21 Å². The second kappa shape index (κ2) is 9.30. The smallest absolute Gasteiger partial charge is 0.243 e. The SMILES string of the molecule is CC(N)C(C)C(=O)N1CCCN(S(=O)(=O)c2ccc3c(c2)OCCO3)CC1.Cl. The Morgan fingerprint density at radius 1 is 1.07 bits per heavy atom. The maximum atomic E-state index is 13.1. The first-order valence-corrected chi connectivity index (χ1v) is 10.7. The predicted molar refractivity (Wildman–Crippen MR) is 107 cm³/mol. The van der Waals surface area contributed by atoms with Crippen LogP contribution in [0, 0.1) is 5.92 Å². The van der Waals surface area contributed by atoms with Gasteiger partial charge in [0.15, 0.2) is 11.5 Å². The number of amides is 1. The number of halogens is 1. The molecule has 0 saturated carbocycles. The van der Waals surface area contributed by atoms with Gasteiger partial charge in [-0.25, -0.2) is 8.42 Å². The number of carbonyl (C=O) groups is 1. The Balaban J connectivity index is 0.00000280. The number of hydrogen-bond acceptors (Lipinski definition) is 6. The molecule has 28 heavy (non-hydrogen) atoms. The van der Waals surface area contributed by atoms with Crippen LogP contribution in [-0.4, -0.2) is 69.0 Å². The molecule has 10 heteroatoms. The Labute approximate surface area is 172 Å². The molecule has 2 unspecified atom stereocenters. The summed E-state index contributed by atoms with van der Waals surface area (Å²) in [5, 5.41) is 0. The Kier molecular flexibility index (Phi) is 7.55. The summed E-state index contributed by atoms with van der Waals surface area (Å²) in [6, 6.07) is 4.43. The zero-order valence-corrected chi connectivity index (χ0v) is 17.8. The molecule has 1 amide bonds. The standard InChI is InChI=1S/C18H27N3O5S.ClH/c1-13(14(2)19)18(22)20-6-3-7-21(9-8-20)27(23,24)15-4-5-16-17(12-15)26-11-10-25-16;/h4-5,12-14H,3,6-11,19H2,1-2H3;1H. The summed E-state index contributed by atoms with van der Waals surface area (Å²) in [6.07, 6.45) is 0.585. The van der Waals surface area contributed by atoms with Crippen molar-refractivity contribution < 1.29 is 22.7 Å². The molecular formula is C18H28ClN3O5S. The van der Waals surface area contributed by atoms with Gasteiger partial charge in [-0.2, -0.15) is 4.31 Å². The normalized spacial score (nSPS) is 19.9.